The molecule has 0 fully saturated rings. The van der Waals surface area contributed by atoms with Crippen LogP contribution in [0.5, 0.6) is 0 Å². The molecule has 0 saturated carbocycles. The van der Waals surface area contributed by atoms with Crippen LogP contribution in [0.4, 0.5) is 0 Å². The summed E-state index contributed by atoms with van der Waals surface area (Å²) in [6.45, 7) is 6.92. The Morgan fingerprint density at radius 3 is 0.533 bits per heavy atom. The van der Waals surface area contributed by atoms with Crippen LogP contribution in [-0.4, -0.2) is 35.7 Å². The molecule has 1 N–H and O–H groups in total. The summed E-state index contributed by atoms with van der Waals surface area (Å²) in [5.74, 6) is -0.497. The summed E-state index contributed by atoms with van der Waals surface area (Å²) in [5.41, 5.74) is 0. The highest BCUT2D eigenvalue weighted by Gasteiger charge is 2.38. The minimum atomic E-state index is -1.42. The molecule has 362 valence electrons. The number of aliphatic carboxylic acids is 1. The number of halogens is 1. The molecule has 0 rings (SSSR count). The highest BCUT2D eigenvalue weighted by atomic mass is 79.9. The predicted molar refractivity (Wildman–Crippen MR) is 273 cm³/mol. The van der Waals surface area contributed by atoms with Crippen molar-refractivity contribution in [2.24, 2.45) is 0 Å². The molecule has 2 nitrogen and oxygen atoms in total. The summed E-state index contributed by atoms with van der Waals surface area (Å²) >= 11 is 0. The highest BCUT2D eigenvalue weighted by molar-refractivity contribution is 7.76. The lowest BCUT2D eigenvalue weighted by Crippen LogP contribution is -3.00. The molecule has 0 atom stereocenters. The third kappa shape index (κ3) is 49.4. The summed E-state index contributed by atoms with van der Waals surface area (Å²) < 4.78 is 0. The molecule has 0 aromatic heterocycles. The van der Waals surface area contributed by atoms with Crippen molar-refractivity contribution in [3.8, 4) is 0 Å². The molecular formula is C56H114BrO2P. The van der Waals surface area contributed by atoms with Gasteiger partial charge in [-0.15, -0.1) is 0 Å². The van der Waals surface area contributed by atoms with Gasteiger partial charge in [0.1, 0.15) is 0 Å². The van der Waals surface area contributed by atoms with E-state index < -0.39 is 13.2 Å². The average Bonchev–Trinajstić information content (AvgIpc) is 3.23. The number of rotatable bonds is 53. The van der Waals surface area contributed by atoms with Crippen molar-refractivity contribution in [1.82, 2.24) is 0 Å². The summed E-state index contributed by atoms with van der Waals surface area (Å²) in [5, 5.41) is 10.2. The van der Waals surface area contributed by atoms with Crippen LogP contribution >= 0.6 is 7.26 Å². The van der Waals surface area contributed by atoms with E-state index in [2.05, 4.69) is 20.8 Å². The van der Waals surface area contributed by atoms with Gasteiger partial charge in [-0.05, 0) is 38.5 Å². The maximum absolute atomic E-state index is 12.4. The monoisotopic (exact) mass is 929 g/mol. The molecule has 0 radical (unpaired) electrons. The third-order valence-corrected chi connectivity index (χ3v) is 18.7. The van der Waals surface area contributed by atoms with Gasteiger partial charge in [-0.2, -0.15) is 0 Å². The SMILES string of the molecule is CCCCCCCCCCCCCCCCCC[P+](CCCCCCCCCCCCCCCCCC)(CCCCCCCCCCCCCCCCCC)CC(=O)O.[Br-]. The quantitative estimate of drug-likeness (QED) is 0.0487. The molecule has 0 amide bonds. The normalized spacial score (nSPS) is 11.7. The van der Waals surface area contributed by atoms with E-state index in [9.17, 15) is 9.90 Å². The molecule has 0 aromatic rings. The Kier molecular flexibility index (Phi) is 55.9. The van der Waals surface area contributed by atoms with Crippen molar-refractivity contribution in [3.63, 3.8) is 0 Å². The van der Waals surface area contributed by atoms with Crippen molar-refractivity contribution in [3.05, 3.63) is 0 Å². The molecule has 0 unspecified atom stereocenters. The largest absolute Gasteiger partial charge is 1.00 e. The van der Waals surface area contributed by atoms with Gasteiger partial charge in [0, 0.05) is 7.26 Å². The van der Waals surface area contributed by atoms with E-state index in [4.69, 9.17) is 0 Å². The molecule has 0 aliphatic rings. The Morgan fingerprint density at radius 2 is 0.400 bits per heavy atom. The first-order valence-corrected chi connectivity index (χ1v) is 30.7. The fourth-order valence-corrected chi connectivity index (χ4v) is 14.2. The van der Waals surface area contributed by atoms with Crippen molar-refractivity contribution >= 4 is 13.2 Å². The lowest BCUT2D eigenvalue weighted by molar-refractivity contribution is -0.134. The molecular weight excluding hydrogens is 815 g/mol. The van der Waals surface area contributed by atoms with Crippen LogP contribution in [0.15, 0.2) is 0 Å². The van der Waals surface area contributed by atoms with Crippen molar-refractivity contribution in [2.45, 2.75) is 329 Å². The van der Waals surface area contributed by atoms with Crippen LogP contribution in [0.3, 0.4) is 0 Å². The third-order valence-electron chi connectivity index (χ3n) is 13.9. The molecule has 0 aliphatic heterocycles. The van der Waals surface area contributed by atoms with Gasteiger partial charge in [0.25, 0.3) is 0 Å². The first-order chi connectivity index (χ1) is 29.1. The van der Waals surface area contributed by atoms with Gasteiger partial charge in [0.15, 0.2) is 6.16 Å². The second-order valence-corrected chi connectivity index (χ2v) is 24.3. The molecule has 60 heavy (non-hydrogen) atoms. The maximum Gasteiger partial charge on any atom is 0.341 e. The summed E-state index contributed by atoms with van der Waals surface area (Å²) in [7, 11) is -1.42. The van der Waals surface area contributed by atoms with Crippen LogP contribution < -0.4 is 17.0 Å². The topological polar surface area (TPSA) is 37.3 Å². The van der Waals surface area contributed by atoms with Crippen LogP contribution in [0, 0.1) is 0 Å². The number of hydrogen-bond acceptors (Lipinski definition) is 1. The second-order valence-electron chi connectivity index (χ2n) is 20.0. The predicted octanol–water partition coefficient (Wildman–Crippen LogP) is 17.9. The number of unbranched alkanes of at least 4 members (excludes halogenated alkanes) is 45. The van der Waals surface area contributed by atoms with Crippen LogP contribution in [0.25, 0.3) is 0 Å². The van der Waals surface area contributed by atoms with Gasteiger partial charge in [0.05, 0.1) is 18.5 Å². The molecule has 4 heteroatoms. The van der Waals surface area contributed by atoms with Gasteiger partial charge in [-0.3, -0.25) is 0 Å². The summed E-state index contributed by atoms with van der Waals surface area (Å²) in [6, 6.07) is 0. The van der Waals surface area contributed by atoms with Crippen molar-refractivity contribution in [2.75, 3.05) is 24.6 Å². The molecule has 0 saturated heterocycles. The number of hydrogen-bond donors (Lipinski definition) is 1. The lowest BCUT2D eigenvalue weighted by atomic mass is 10.0. The fraction of sp³-hybridized carbons (Fsp3) is 0.982. The second kappa shape index (κ2) is 53.7. The van der Waals surface area contributed by atoms with E-state index in [0.717, 1.165) is 0 Å². The molecule has 0 aliphatic carbocycles. The number of carbonyl (C=O) groups is 1. The number of carboxylic acid groups (broad SMARTS) is 1. The molecule has 0 heterocycles. The summed E-state index contributed by atoms with van der Waals surface area (Å²) in [4.78, 5) is 12.4. The van der Waals surface area contributed by atoms with E-state index in [0.29, 0.717) is 6.16 Å². The molecule has 0 bridgehead atoms. The fourth-order valence-electron chi connectivity index (χ4n) is 9.85. The van der Waals surface area contributed by atoms with Crippen LogP contribution in [0.2, 0.25) is 0 Å². The zero-order valence-electron chi connectivity index (χ0n) is 42.0. The highest BCUT2D eigenvalue weighted by Crippen LogP contribution is 2.60. The van der Waals surface area contributed by atoms with E-state index in [1.165, 1.54) is 327 Å². The van der Waals surface area contributed by atoms with E-state index in [1.54, 1.807) is 0 Å². The van der Waals surface area contributed by atoms with Gasteiger partial charge in [0.2, 0.25) is 0 Å². The van der Waals surface area contributed by atoms with E-state index >= 15 is 0 Å². The first kappa shape index (κ1) is 62.5. The summed E-state index contributed by atoms with van der Waals surface area (Å²) in [6.07, 6.45) is 71.9. The Bertz CT molecular complexity index is 701. The smallest absolute Gasteiger partial charge is 0.341 e. The Labute approximate surface area is 391 Å². The zero-order chi connectivity index (χ0) is 42.8. The Balaban J connectivity index is 0. The lowest BCUT2D eigenvalue weighted by Gasteiger charge is -2.27. The van der Waals surface area contributed by atoms with E-state index in [-0.39, 0.29) is 17.0 Å². The average molecular weight is 930 g/mol. The minimum Gasteiger partial charge on any atom is -1.00 e. The maximum atomic E-state index is 12.4. The first-order valence-electron chi connectivity index (χ1n) is 28.2. The standard InChI is InChI=1S/C56H113O2P.BrH/c1-4-7-10-13-16-19-22-25-28-31-34-37-40-43-46-49-52-59(55-56(57)58,53-50-47-44-41-38-35-32-29-26-23-20-17-14-11-8-5-2)54-51-48-45-42-39-36-33-30-27-24-21-18-15-12-9-6-3;/h4-55H2,1-3H3;1H. The van der Waals surface area contributed by atoms with Gasteiger partial charge in [-0.1, -0.05) is 290 Å². The van der Waals surface area contributed by atoms with Crippen LogP contribution in [-0.2, 0) is 4.79 Å². The zero-order valence-corrected chi connectivity index (χ0v) is 44.4. The van der Waals surface area contributed by atoms with Gasteiger partial charge in [-0.25, -0.2) is 4.79 Å². The van der Waals surface area contributed by atoms with Crippen molar-refractivity contribution < 1.29 is 26.9 Å². The van der Waals surface area contributed by atoms with Gasteiger partial charge >= 0.3 is 5.97 Å². The Hall–Kier alpha value is 0.380. The van der Waals surface area contributed by atoms with Crippen molar-refractivity contribution in [1.29, 1.82) is 0 Å². The van der Waals surface area contributed by atoms with Gasteiger partial charge < -0.3 is 22.1 Å². The van der Waals surface area contributed by atoms with E-state index in [1.807, 2.05) is 0 Å². The number of carboxylic acids is 1. The molecule has 0 aromatic carbocycles. The van der Waals surface area contributed by atoms with Crippen LogP contribution in [0.1, 0.15) is 329 Å². The Morgan fingerprint density at radius 1 is 0.267 bits per heavy atom. The minimum absolute atomic E-state index is 0. The molecule has 0 spiro atoms.